The molecule has 0 aliphatic carbocycles. The number of aliphatic hydroxyl groups is 1. The van der Waals surface area contributed by atoms with Crippen LogP contribution in [0.1, 0.15) is 32.1 Å². The second-order valence-electron chi connectivity index (χ2n) is 4.42. The van der Waals surface area contributed by atoms with Crippen molar-refractivity contribution in [2.75, 3.05) is 33.4 Å². The molecule has 0 saturated carbocycles. The fraction of sp³-hybridized carbons (Fsp3) is 0.917. The maximum absolute atomic E-state index is 11.3. The zero-order chi connectivity index (χ0) is 11.8. The average molecular weight is 229 g/mol. The molecule has 1 aliphatic rings. The fourth-order valence-corrected chi connectivity index (χ4v) is 2.18. The molecule has 16 heavy (non-hydrogen) atoms. The van der Waals surface area contributed by atoms with Crippen LogP contribution in [-0.4, -0.2) is 49.3 Å². The number of ether oxygens (including phenoxy) is 1. The van der Waals surface area contributed by atoms with Gasteiger partial charge >= 0.3 is 5.97 Å². The first-order valence-corrected chi connectivity index (χ1v) is 6.19. The fourth-order valence-electron chi connectivity index (χ4n) is 2.18. The number of nitrogens with zero attached hydrogens (tertiary/aromatic N) is 1. The van der Waals surface area contributed by atoms with Gasteiger partial charge in [0, 0.05) is 6.61 Å². The second kappa shape index (κ2) is 7.63. The molecule has 0 unspecified atom stereocenters. The van der Waals surface area contributed by atoms with Crippen molar-refractivity contribution in [1.29, 1.82) is 0 Å². The molecule has 0 amide bonds. The number of aliphatic hydroxyl groups excluding tert-OH is 1. The number of methoxy groups -OCH3 is 1. The van der Waals surface area contributed by atoms with Crippen molar-refractivity contribution in [3.63, 3.8) is 0 Å². The van der Waals surface area contributed by atoms with Gasteiger partial charge < -0.3 is 14.7 Å². The van der Waals surface area contributed by atoms with Gasteiger partial charge in [-0.05, 0) is 51.7 Å². The number of carbonyl (C=O) groups excluding carboxylic acids is 1. The molecule has 0 radical (unpaired) electrons. The zero-order valence-corrected chi connectivity index (χ0v) is 10.2. The molecule has 1 rings (SSSR count). The SMILES string of the molecule is COC(=O)C1CCN(CCCCCO)CC1. The van der Waals surface area contributed by atoms with E-state index in [1.54, 1.807) is 0 Å². The van der Waals surface area contributed by atoms with Gasteiger partial charge in [-0.15, -0.1) is 0 Å². The molecule has 1 N–H and O–H groups in total. The number of hydrogen-bond donors (Lipinski definition) is 1. The van der Waals surface area contributed by atoms with Gasteiger partial charge in [0.25, 0.3) is 0 Å². The average Bonchev–Trinajstić information content (AvgIpc) is 2.34. The normalized spacial score (nSPS) is 18.6. The first-order valence-electron chi connectivity index (χ1n) is 6.19. The van der Waals surface area contributed by atoms with E-state index < -0.39 is 0 Å². The Morgan fingerprint density at radius 1 is 1.31 bits per heavy atom. The predicted molar refractivity (Wildman–Crippen MR) is 62.1 cm³/mol. The lowest BCUT2D eigenvalue weighted by molar-refractivity contribution is -0.147. The van der Waals surface area contributed by atoms with E-state index in [4.69, 9.17) is 9.84 Å². The largest absolute Gasteiger partial charge is 0.469 e. The Morgan fingerprint density at radius 3 is 2.56 bits per heavy atom. The number of rotatable bonds is 6. The number of hydrogen-bond acceptors (Lipinski definition) is 4. The van der Waals surface area contributed by atoms with Crippen LogP contribution in [0.3, 0.4) is 0 Å². The Kier molecular flexibility index (Phi) is 6.42. The zero-order valence-electron chi connectivity index (χ0n) is 10.2. The molecular formula is C12H23NO3. The minimum Gasteiger partial charge on any atom is -0.469 e. The van der Waals surface area contributed by atoms with Crippen LogP contribution in [0.15, 0.2) is 0 Å². The minimum atomic E-state index is -0.0556. The van der Waals surface area contributed by atoms with E-state index in [2.05, 4.69) is 4.90 Å². The smallest absolute Gasteiger partial charge is 0.308 e. The third kappa shape index (κ3) is 4.49. The van der Waals surface area contributed by atoms with Gasteiger partial charge in [-0.2, -0.15) is 0 Å². The molecule has 0 bridgehead atoms. The molecule has 0 aromatic carbocycles. The van der Waals surface area contributed by atoms with Crippen LogP contribution in [-0.2, 0) is 9.53 Å². The van der Waals surface area contributed by atoms with Crippen LogP contribution in [0.5, 0.6) is 0 Å². The number of piperidine rings is 1. The lowest BCUT2D eigenvalue weighted by atomic mass is 9.97. The summed E-state index contributed by atoms with van der Waals surface area (Å²) in [5.74, 6) is 0.0543. The molecule has 4 nitrogen and oxygen atoms in total. The Morgan fingerprint density at radius 2 is 2.00 bits per heavy atom. The van der Waals surface area contributed by atoms with Crippen molar-refractivity contribution in [2.24, 2.45) is 5.92 Å². The van der Waals surface area contributed by atoms with E-state index in [1.807, 2.05) is 0 Å². The predicted octanol–water partition coefficient (Wildman–Crippen LogP) is 1.03. The number of unbranched alkanes of at least 4 members (excludes halogenated alkanes) is 2. The topological polar surface area (TPSA) is 49.8 Å². The van der Waals surface area contributed by atoms with Crippen molar-refractivity contribution >= 4 is 5.97 Å². The third-order valence-corrected chi connectivity index (χ3v) is 3.25. The summed E-state index contributed by atoms with van der Waals surface area (Å²) in [7, 11) is 1.46. The van der Waals surface area contributed by atoms with Gasteiger partial charge in [-0.1, -0.05) is 0 Å². The lowest BCUT2D eigenvalue weighted by Gasteiger charge is -2.30. The number of likely N-dealkylation sites (tertiary alicyclic amines) is 1. The number of carbonyl (C=O) groups is 1. The summed E-state index contributed by atoms with van der Waals surface area (Å²) >= 11 is 0. The molecule has 1 aliphatic heterocycles. The van der Waals surface area contributed by atoms with Crippen LogP contribution in [0.4, 0.5) is 0 Å². The van der Waals surface area contributed by atoms with Crippen LogP contribution < -0.4 is 0 Å². The van der Waals surface area contributed by atoms with Crippen LogP contribution in [0.25, 0.3) is 0 Å². The van der Waals surface area contributed by atoms with Crippen molar-refractivity contribution in [3.8, 4) is 0 Å². The Balaban J connectivity index is 2.10. The van der Waals surface area contributed by atoms with Crippen LogP contribution in [0, 0.1) is 5.92 Å². The van der Waals surface area contributed by atoms with E-state index in [9.17, 15) is 4.79 Å². The quantitative estimate of drug-likeness (QED) is 0.546. The molecule has 0 aromatic heterocycles. The maximum atomic E-state index is 11.3. The summed E-state index contributed by atoms with van der Waals surface area (Å²) in [6, 6.07) is 0. The molecule has 0 spiro atoms. The molecule has 1 saturated heterocycles. The van der Waals surface area contributed by atoms with Crippen molar-refractivity contribution in [2.45, 2.75) is 32.1 Å². The highest BCUT2D eigenvalue weighted by atomic mass is 16.5. The standard InChI is InChI=1S/C12H23NO3/c1-16-12(15)11-5-8-13(9-6-11)7-3-2-4-10-14/h11,14H,2-10H2,1H3. The van der Waals surface area contributed by atoms with E-state index in [1.165, 1.54) is 7.11 Å². The molecule has 1 fully saturated rings. The van der Waals surface area contributed by atoms with E-state index in [-0.39, 0.29) is 11.9 Å². The number of esters is 1. The molecule has 1 heterocycles. The van der Waals surface area contributed by atoms with Gasteiger partial charge in [0.2, 0.25) is 0 Å². The first-order chi connectivity index (χ1) is 7.77. The molecule has 0 aromatic rings. The van der Waals surface area contributed by atoms with E-state index >= 15 is 0 Å². The van der Waals surface area contributed by atoms with Crippen LogP contribution >= 0.6 is 0 Å². The molecule has 4 heteroatoms. The maximum Gasteiger partial charge on any atom is 0.308 e. The van der Waals surface area contributed by atoms with E-state index in [0.29, 0.717) is 6.61 Å². The summed E-state index contributed by atoms with van der Waals surface area (Å²) < 4.78 is 4.75. The highest BCUT2D eigenvalue weighted by Crippen LogP contribution is 2.18. The highest BCUT2D eigenvalue weighted by Gasteiger charge is 2.24. The Bertz CT molecular complexity index is 200. The van der Waals surface area contributed by atoms with Crippen LogP contribution in [0.2, 0.25) is 0 Å². The molecule has 94 valence electrons. The Hall–Kier alpha value is -0.610. The van der Waals surface area contributed by atoms with Gasteiger partial charge in [0.1, 0.15) is 0 Å². The van der Waals surface area contributed by atoms with E-state index in [0.717, 1.165) is 51.7 Å². The van der Waals surface area contributed by atoms with Crippen molar-refractivity contribution in [3.05, 3.63) is 0 Å². The van der Waals surface area contributed by atoms with Crippen molar-refractivity contribution in [1.82, 2.24) is 4.90 Å². The summed E-state index contributed by atoms with van der Waals surface area (Å²) in [5, 5.41) is 8.66. The minimum absolute atomic E-state index is 0.0556. The first kappa shape index (κ1) is 13.5. The monoisotopic (exact) mass is 229 g/mol. The van der Waals surface area contributed by atoms with Gasteiger partial charge in [-0.25, -0.2) is 0 Å². The highest BCUT2D eigenvalue weighted by molar-refractivity contribution is 5.72. The second-order valence-corrected chi connectivity index (χ2v) is 4.42. The summed E-state index contributed by atoms with van der Waals surface area (Å²) in [4.78, 5) is 13.7. The Labute approximate surface area is 97.6 Å². The van der Waals surface area contributed by atoms with Gasteiger partial charge in [0.15, 0.2) is 0 Å². The molecular weight excluding hydrogens is 206 g/mol. The van der Waals surface area contributed by atoms with Gasteiger partial charge in [-0.3, -0.25) is 4.79 Å². The van der Waals surface area contributed by atoms with Gasteiger partial charge in [0.05, 0.1) is 13.0 Å². The summed E-state index contributed by atoms with van der Waals surface area (Å²) in [6.45, 7) is 3.39. The molecule has 0 atom stereocenters. The lowest BCUT2D eigenvalue weighted by Crippen LogP contribution is -2.37. The summed E-state index contributed by atoms with van der Waals surface area (Å²) in [5.41, 5.74) is 0. The summed E-state index contributed by atoms with van der Waals surface area (Å²) in [6.07, 6.45) is 4.98. The van der Waals surface area contributed by atoms with Crippen molar-refractivity contribution < 1.29 is 14.6 Å². The third-order valence-electron chi connectivity index (χ3n) is 3.25.